The molecule has 142 valence electrons. The molecule has 0 spiro atoms. The average molecular weight is 469 g/mol. The van der Waals surface area contributed by atoms with Gasteiger partial charge in [-0.25, -0.2) is 4.99 Å². The highest BCUT2D eigenvalue weighted by Gasteiger charge is 2.07. The van der Waals surface area contributed by atoms with Crippen molar-refractivity contribution in [3.05, 3.63) is 59.7 Å². The van der Waals surface area contributed by atoms with Crippen molar-refractivity contribution in [3.8, 4) is 11.5 Å². The minimum Gasteiger partial charge on any atom is -0.508 e. The molecule has 0 saturated heterocycles. The molecule has 0 aromatic heterocycles. The monoisotopic (exact) mass is 469 g/mol. The molecule has 0 aliphatic carbocycles. The third kappa shape index (κ3) is 7.51. The Morgan fingerprint density at radius 1 is 1.15 bits per heavy atom. The number of phenolic OH excluding ortho intramolecular Hbond substituents is 1. The van der Waals surface area contributed by atoms with Crippen molar-refractivity contribution in [3.63, 3.8) is 0 Å². The Bertz CT molecular complexity index is 707. The zero-order valence-electron chi connectivity index (χ0n) is 15.5. The number of nitrogens with one attached hydrogen (secondary N) is 2. The van der Waals surface area contributed by atoms with Gasteiger partial charge in [-0.3, -0.25) is 0 Å². The van der Waals surface area contributed by atoms with E-state index in [0.29, 0.717) is 13.1 Å². The highest BCUT2D eigenvalue weighted by atomic mass is 127. The largest absolute Gasteiger partial charge is 0.508 e. The quantitative estimate of drug-likeness (QED) is 0.328. The summed E-state index contributed by atoms with van der Waals surface area (Å²) in [7, 11) is 0. The zero-order valence-corrected chi connectivity index (χ0v) is 17.9. The van der Waals surface area contributed by atoms with Crippen LogP contribution in [0.25, 0.3) is 0 Å². The van der Waals surface area contributed by atoms with Gasteiger partial charge in [0.15, 0.2) is 5.96 Å². The third-order valence-corrected chi connectivity index (χ3v) is 3.65. The lowest BCUT2D eigenvalue weighted by Crippen LogP contribution is -2.41. The number of phenols is 1. The van der Waals surface area contributed by atoms with Crippen molar-refractivity contribution < 1.29 is 9.84 Å². The van der Waals surface area contributed by atoms with E-state index >= 15 is 0 Å². The van der Waals surface area contributed by atoms with Crippen LogP contribution in [0.5, 0.6) is 11.5 Å². The van der Waals surface area contributed by atoms with Gasteiger partial charge in [-0.05, 0) is 50.1 Å². The van der Waals surface area contributed by atoms with Crippen LogP contribution in [0.4, 0.5) is 0 Å². The number of nitrogens with zero attached hydrogens (tertiary/aromatic N) is 1. The molecule has 0 amide bonds. The van der Waals surface area contributed by atoms with Crippen LogP contribution in [0.2, 0.25) is 0 Å². The number of ether oxygens (including phenoxy) is 1. The fourth-order valence-corrected chi connectivity index (χ4v) is 2.35. The molecule has 0 aliphatic heterocycles. The summed E-state index contributed by atoms with van der Waals surface area (Å²) in [5.41, 5.74) is 2.08. The fraction of sp³-hybridized carbons (Fsp3) is 0.350. The highest BCUT2D eigenvalue weighted by molar-refractivity contribution is 14.0. The molecule has 2 rings (SSSR count). The number of aromatic hydroxyl groups is 1. The number of halogens is 1. The first-order chi connectivity index (χ1) is 12.1. The number of guanidine groups is 1. The summed E-state index contributed by atoms with van der Waals surface area (Å²) in [6.07, 6.45) is 0.00530. The summed E-state index contributed by atoms with van der Waals surface area (Å²) in [6.45, 7) is 8.00. The Morgan fingerprint density at radius 2 is 1.92 bits per heavy atom. The average Bonchev–Trinajstić information content (AvgIpc) is 2.59. The summed E-state index contributed by atoms with van der Waals surface area (Å²) in [5, 5.41) is 16.0. The highest BCUT2D eigenvalue weighted by Crippen LogP contribution is 2.17. The molecule has 1 unspecified atom stereocenters. The molecule has 26 heavy (non-hydrogen) atoms. The first-order valence-corrected chi connectivity index (χ1v) is 8.61. The second-order valence-corrected chi connectivity index (χ2v) is 5.94. The van der Waals surface area contributed by atoms with Crippen molar-refractivity contribution in [2.24, 2.45) is 4.99 Å². The number of rotatable bonds is 7. The summed E-state index contributed by atoms with van der Waals surface area (Å²) in [4.78, 5) is 4.55. The molecule has 0 aliphatic rings. The SMILES string of the molecule is CCNC(=NCc1cccc(O)c1)NCC(C)Oc1ccccc1C.I. The molecule has 0 heterocycles. The molecule has 1 atom stereocenters. The van der Waals surface area contributed by atoms with E-state index in [4.69, 9.17) is 4.74 Å². The lowest BCUT2D eigenvalue weighted by molar-refractivity contribution is 0.222. The van der Waals surface area contributed by atoms with Crippen LogP contribution >= 0.6 is 24.0 Å². The summed E-state index contributed by atoms with van der Waals surface area (Å²) in [5.74, 6) is 1.88. The van der Waals surface area contributed by atoms with Gasteiger partial charge in [-0.1, -0.05) is 30.3 Å². The third-order valence-electron chi connectivity index (χ3n) is 3.65. The minimum absolute atomic E-state index is 0. The summed E-state index contributed by atoms with van der Waals surface area (Å²) in [6, 6.07) is 15.1. The maximum atomic E-state index is 9.52. The maximum absolute atomic E-state index is 9.52. The molecule has 0 fully saturated rings. The summed E-state index contributed by atoms with van der Waals surface area (Å²) < 4.78 is 5.97. The standard InChI is InChI=1S/C20H27N3O2.HI/c1-4-21-20(23-14-17-9-7-10-18(24)12-17)22-13-16(3)25-19-11-6-5-8-15(19)2;/h5-12,16,24H,4,13-14H2,1-3H3,(H2,21,22,23);1H. The van der Waals surface area contributed by atoms with Crippen LogP contribution in [-0.2, 0) is 6.54 Å². The molecular weight excluding hydrogens is 441 g/mol. The van der Waals surface area contributed by atoms with Gasteiger partial charge in [-0.15, -0.1) is 24.0 Å². The molecular formula is C20H28IN3O2. The van der Waals surface area contributed by atoms with Crippen molar-refractivity contribution in [1.29, 1.82) is 0 Å². The molecule has 2 aromatic carbocycles. The molecule has 5 nitrogen and oxygen atoms in total. The predicted octanol–water partition coefficient (Wildman–Crippen LogP) is 3.84. The first kappa shape index (κ1) is 22.1. The Hall–Kier alpha value is -1.96. The van der Waals surface area contributed by atoms with Gasteiger partial charge >= 0.3 is 0 Å². The van der Waals surface area contributed by atoms with Crippen LogP contribution < -0.4 is 15.4 Å². The topological polar surface area (TPSA) is 65.9 Å². The van der Waals surface area contributed by atoms with Crippen LogP contribution in [0.15, 0.2) is 53.5 Å². The van der Waals surface area contributed by atoms with Crippen LogP contribution in [0, 0.1) is 6.92 Å². The lowest BCUT2D eigenvalue weighted by atomic mass is 10.2. The van der Waals surface area contributed by atoms with Crippen molar-refractivity contribution in [2.75, 3.05) is 13.1 Å². The Labute approximate surface area is 172 Å². The van der Waals surface area contributed by atoms with Gasteiger partial charge in [-0.2, -0.15) is 0 Å². The zero-order chi connectivity index (χ0) is 18.1. The van der Waals surface area contributed by atoms with E-state index in [1.54, 1.807) is 12.1 Å². The summed E-state index contributed by atoms with van der Waals surface area (Å²) >= 11 is 0. The Balaban J connectivity index is 0.00000338. The fourth-order valence-electron chi connectivity index (χ4n) is 2.35. The van der Waals surface area contributed by atoms with Crippen molar-refractivity contribution in [2.45, 2.75) is 33.4 Å². The molecule has 2 aromatic rings. The van der Waals surface area contributed by atoms with E-state index in [-0.39, 0.29) is 35.8 Å². The molecule has 0 saturated carbocycles. The van der Waals surface area contributed by atoms with Gasteiger partial charge in [0.25, 0.3) is 0 Å². The normalized spacial score (nSPS) is 12.0. The van der Waals surface area contributed by atoms with E-state index < -0.39 is 0 Å². The van der Waals surface area contributed by atoms with Crippen LogP contribution in [-0.4, -0.2) is 30.3 Å². The number of para-hydroxylation sites is 1. The van der Waals surface area contributed by atoms with Crippen molar-refractivity contribution in [1.82, 2.24) is 10.6 Å². The molecule has 6 heteroatoms. The number of aryl methyl sites for hydroxylation is 1. The minimum atomic E-state index is 0. The Kier molecular flexibility index (Phi) is 9.87. The van der Waals surface area contributed by atoms with Crippen LogP contribution in [0.1, 0.15) is 25.0 Å². The number of aliphatic imine (C=N–C) groups is 1. The van der Waals surface area contributed by atoms with E-state index in [1.807, 2.05) is 57.2 Å². The van der Waals surface area contributed by atoms with E-state index in [0.717, 1.165) is 29.4 Å². The predicted molar refractivity (Wildman–Crippen MR) is 118 cm³/mol. The maximum Gasteiger partial charge on any atom is 0.191 e. The van der Waals surface area contributed by atoms with Gasteiger partial charge in [0.1, 0.15) is 17.6 Å². The second-order valence-electron chi connectivity index (χ2n) is 5.94. The lowest BCUT2D eigenvalue weighted by Gasteiger charge is -2.18. The number of benzene rings is 2. The van der Waals surface area contributed by atoms with Crippen molar-refractivity contribution >= 4 is 29.9 Å². The Morgan fingerprint density at radius 3 is 2.62 bits per heavy atom. The van der Waals surface area contributed by atoms with E-state index in [1.165, 1.54) is 0 Å². The van der Waals surface area contributed by atoms with Gasteiger partial charge in [0, 0.05) is 6.54 Å². The number of hydrogen-bond acceptors (Lipinski definition) is 3. The second kappa shape index (κ2) is 11.6. The first-order valence-electron chi connectivity index (χ1n) is 8.61. The van der Waals surface area contributed by atoms with Crippen LogP contribution in [0.3, 0.4) is 0 Å². The number of hydrogen-bond donors (Lipinski definition) is 3. The van der Waals surface area contributed by atoms with Gasteiger partial charge in [0.2, 0.25) is 0 Å². The molecule has 0 bridgehead atoms. The van der Waals surface area contributed by atoms with Gasteiger partial charge < -0.3 is 20.5 Å². The van der Waals surface area contributed by atoms with E-state index in [2.05, 4.69) is 15.6 Å². The molecule has 3 N–H and O–H groups in total. The van der Waals surface area contributed by atoms with Gasteiger partial charge in [0.05, 0.1) is 13.1 Å². The van der Waals surface area contributed by atoms with E-state index in [9.17, 15) is 5.11 Å². The molecule has 0 radical (unpaired) electrons. The smallest absolute Gasteiger partial charge is 0.191 e.